The molecule has 1 aliphatic rings. The molecular formula is C15H20BrN3O2. The molecule has 0 unspecified atom stereocenters. The minimum absolute atomic E-state index is 0.190. The van der Waals surface area contributed by atoms with Crippen LogP contribution < -0.4 is 10.9 Å². The molecule has 0 bridgehead atoms. The number of piperidine rings is 1. The van der Waals surface area contributed by atoms with E-state index in [0.29, 0.717) is 16.6 Å². The summed E-state index contributed by atoms with van der Waals surface area (Å²) in [5, 5.41) is 0. The van der Waals surface area contributed by atoms with Gasteiger partial charge in [-0.25, -0.2) is 0 Å². The second kappa shape index (κ2) is 7.56. The molecule has 114 valence electrons. The van der Waals surface area contributed by atoms with Gasteiger partial charge in [0, 0.05) is 4.47 Å². The zero-order chi connectivity index (χ0) is 15.2. The molecule has 1 aromatic rings. The Kier molecular flexibility index (Phi) is 5.76. The van der Waals surface area contributed by atoms with E-state index in [9.17, 15) is 9.59 Å². The monoisotopic (exact) mass is 353 g/mol. The van der Waals surface area contributed by atoms with Crippen molar-refractivity contribution in [2.75, 3.05) is 19.6 Å². The summed E-state index contributed by atoms with van der Waals surface area (Å²) in [6.07, 6.45) is 2.24. The van der Waals surface area contributed by atoms with Gasteiger partial charge in [-0.15, -0.1) is 0 Å². The van der Waals surface area contributed by atoms with E-state index < -0.39 is 0 Å². The van der Waals surface area contributed by atoms with Gasteiger partial charge in [0.1, 0.15) is 0 Å². The van der Waals surface area contributed by atoms with Gasteiger partial charge in [0.05, 0.1) is 12.1 Å². The van der Waals surface area contributed by atoms with Crippen LogP contribution in [0.2, 0.25) is 0 Å². The maximum atomic E-state index is 11.9. The van der Waals surface area contributed by atoms with Crippen molar-refractivity contribution in [1.29, 1.82) is 0 Å². The molecule has 1 heterocycles. The fourth-order valence-electron chi connectivity index (χ4n) is 2.30. The Bertz CT molecular complexity index is 513. The van der Waals surface area contributed by atoms with Crippen LogP contribution in [0.3, 0.4) is 0 Å². The molecule has 1 aliphatic heterocycles. The first-order chi connectivity index (χ1) is 10.1. The van der Waals surface area contributed by atoms with Gasteiger partial charge in [0.15, 0.2) is 0 Å². The topological polar surface area (TPSA) is 61.4 Å². The van der Waals surface area contributed by atoms with Crippen LogP contribution in [0.15, 0.2) is 28.7 Å². The van der Waals surface area contributed by atoms with Crippen LogP contribution in [-0.4, -0.2) is 36.3 Å². The van der Waals surface area contributed by atoms with Crippen molar-refractivity contribution >= 4 is 27.7 Å². The largest absolute Gasteiger partial charge is 0.294 e. The molecule has 6 heteroatoms. The van der Waals surface area contributed by atoms with Crippen molar-refractivity contribution in [2.24, 2.45) is 5.92 Å². The van der Waals surface area contributed by atoms with Gasteiger partial charge >= 0.3 is 0 Å². The molecule has 0 atom stereocenters. The van der Waals surface area contributed by atoms with Crippen molar-refractivity contribution in [3.8, 4) is 0 Å². The Morgan fingerprint density at radius 1 is 1.24 bits per heavy atom. The lowest BCUT2D eigenvalue weighted by Crippen LogP contribution is -2.47. The number of halogens is 1. The van der Waals surface area contributed by atoms with Crippen molar-refractivity contribution < 1.29 is 9.59 Å². The van der Waals surface area contributed by atoms with Crippen LogP contribution in [0.25, 0.3) is 0 Å². The summed E-state index contributed by atoms with van der Waals surface area (Å²) in [5.74, 6) is 0.215. The molecule has 0 aromatic heterocycles. The zero-order valence-corrected chi connectivity index (χ0v) is 13.6. The molecule has 5 nitrogen and oxygen atoms in total. The highest BCUT2D eigenvalue weighted by Gasteiger charge is 2.18. The van der Waals surface area contributed by atoms with Crippen molar-refractivity contribution in [3.05, 3.63) is 34.3 Å². The summed E-state index contributed by atoms with van der Waals surface area (Å²) < 4.78 is 0.696. The number of carbonyl (C=O) groups excluding carboxylic acids is 2. The van der Waals surface area contributed by atoms with Crippen LogP contribution in [-0.2, 0) is 4.79 Å². The predicted octanol–water partition coefficient (Wildman–Crippen LogP) is 1.94. The Hall–Kier alpha value is -1.40. The quantitative estimate of drug-likeness (QED) is 0.816. The summed E-state index contributed by atoms with van der Waals surface area (Å²) >= 11 is 3.31. The standard InChI is InChI=1S/C15H20BrN3O2/c1-11-6-8-19(9-7-11)10-14(20)17-18-15(21)12-4-2-3-5-13(12)16/h2-5,11H,6-10H2,1H3,(H,17,20)(H,18,21). The first kappa shape index (κ1) is 16.0. The molecule has 1 saturated heterocycles. The van der Waals surface area contributed by atoms with Crippen LogP contribution in [0.1, 0.15) is 30.1 Å². The highest BCUT2D eigenvalue weighted by atomic mass is 79.9. The smallest absolute Gasteiger partial charge is 0.270 e. The number of nitrogens with zero attached hydrogens (tertiary/aromatic N) is 1. The van der Waals surface area contributed by atoms with Gasteiger partial charge in [0.25, 0.3) is 11.8 Å². The van der Waals surface area contributed by atoms with E-state index >= 15 is 0 Å². The Labute approximate surface area is 133 Å². The fraction of sp³-hybridized carbons (Fsp3) is 0.467. The van der Waals surface area contributed by atoms with Gasteiger partial charge in [-0.2, -0.15) is 0 Å². The van der Waals surface area contributed by atoms with E-state index in [1.807, 2.05) is 6.07 Å². The van der Waals surface area contributed by atoms with Crippen LogP contribution in [0.5, 0.6) is 0 Å². The number of hydrazine groups is 1. The molecule has 2 rings (SSSR count). The number of nitrogens with one attached hydrogen (secondary N) is 2. The minimum Gasteiger partial charge on any atom is -0.294 e. The van der Waals surface area contributed by atoms with E-state index in [1.54, 1.807) is 18.2 Å². The van der Waals surface area contributed by atoms with E-state index in [-0.39, 0.29) is 11.8 Å². The van der Waals surface area contributed by atoms with E-state index in [1.165, 1.54) is 0 Å². The van der Waals surface area contributed by atoms with Crippen LogP contribution in [0, 0.1) is 5.92 Å². The van der Waals surface area contributed by atoms with E-state index in [4.69, 9.17) is 0 Å². The second-order valence-corrected chi connectivity index (χ2v) is 6.30. The van der Waals surface area contributed by atoms with E-state index in [0.717, 1.165) is 31.8 Å². The molecule has 1 aromatic carbocycles. The summed E-state index contributed by atoms with van der Waals surface area (Å²) in [5.41, 5.74) is 5.40. The van der Waals surface area contributed by atoms with Gasteiger partial charge in [0.2, 0.25) is 0 Å². The van der Waals surface area contributed by atoms with Crippen LogP contribution in [0.4, 0.5) is 0 Å². The average Bonchev–Trinajstić information content (AvgIpc) is 2.48. The number of amides is 2. The van der Waals surface area contributed by atoms with Gasteiger partial charge in [-0.3, -0.25) is 25.3 Å². The van der Waals surface area contributed by atoms with Crippen molar-refractivity contribution in [3.63, 3.8) is 0 Å². The second-order valence-electron chi connectivity index (χ2n) is 5.44. The minimum atomic E-state index is -0.330. The number of carbonyl (C=O) groups is 2. The first-order valence-corrected chi connectivity index (χ1v) is 7.91. The predicted molar refractivity (Wildman–Crippen MR) is 84.6 cm³/mol. The third-order valence-electron chi connectivity index (χ3n) is 3.68. The number of hydrogen-bond acceptors (Lipinski definition) is 3. The van der Waals surface area contributed by atoms with Gasteiger partial charge in [-0.05, 0) is 59.9 Å². The Balaban J connectivity index is 1.76. The Morgan fingerprint density at radius 3 is 2.57 bits per heavy atom. The molecule has 2 amide bonds. The van der Waals surface area contributed by atoms with Crippen molar-refractivity contribution in [1.82, 2.24) is 15.8 Å². The molecule has 1 fully saturated rings. The third-order valence-corrected chi connectivity index (χ3v) is 4.37. The SMILES string of the molecule is CC1CCN(CC(=O)NNC(=O)c2ccccc2Br)CC1. The summed E-state index contributed by atoms with van der Waals surface area (Å²) in [6.45, 7) is 4.43. The van der Waals surface area contributed by atoms with Gasteiger partial charge < -0.3 is 0 Å². The first-order valence-electron chi connectivity index (χ1n) is 7.12. The zero-order valence-electron chi connectivity index (χ0n) is 12.1. The number of rotatable bonds is 3. The fourth-order valence-corrected chi connectivity index (χ4v) is 2.77. The maximum Gasteiger partial charge on any atom is 0.270 e. The highest BCUT2D eigenvalue weighted by Crippen LogP contribution is 2.16. The summed E-state index contributed by atoms with van der Waals surface area (Å²) in [6, 6.07) is 7.08. The maximum absolute atomic E-state index is 11.9. The number of hydrogen-bond donors (Lipinski definition) is 2. The molecule has 2 N–H and O–H groups in total. The van der Waals surface area contributed by atoms with E-state index in [2.05, 4.69) is 38.6 Å². The molecular weight excluding hydrogens is 334 g/mol. The number of likely N-dealkylation sites (tertiary alicyclic amines) is 1. The summed E-state index contributed by atoms with van der Waals surface area (Å²) in [7, 11) is 0. The molecule has 0 radical (unpaired) electrons. The van der Waals surface area contributed by atoms with Crippen molar-refractivity contribution in [2.45, 2.75) is 19.8 Å². The average molecular weight is 354 g/mol. The number of benzene rings is 1. The highest BCUT2D eigenvalue weighted by molar-refractivity contribution is 9.10. The molecule has 21 heavy (non-hydrogen) atoms. The molecule has 0 saturated carbocycles. The van der Waals surface area contributed by atoms with Crippen LogP contribution >= 0.6 is 15.9 Å². The lowest BCUT2D eigenvalue weighted by atomic mass is 9.99. The van der Waals surface area contributed by atoms with Gasteiger partial charge in [-0.1, -0.05) is 19.1 Å². The Morgan fingerprint density at radius 2 is 1.90 bits per heavy atom. The lowest BCUT2D eigenvalue weighted by molar-refractivity contribution is -0.123. The molecule has 0 aliphatic carbocycles. The molecule has 0 spiro atoms. The summed E-state index contributed by atoms with van der Waals surface area (Å²) in [4.78, 5) is 25.9. The third kappa shape index (κ3) is 4.82. The lowest BCUT2D eigenvalue weighted by Gasteiger charge is -2.29. The normalized spacial score (nSPS) is 16.5.